The van der Waals surface area contributed by atoms with Crippen molar-refractivity contribution >= 4 is 22.8 Å². The lowest BCUT2D eigenvalue weighted by molar-refractivity contribution is -0.116. The van der Waals surface area contributed by atoms with E-state index in [1.165, 1.54) is 0 Å². The number of rotatable bonds is 5. The second-order valence-corrected chi connectivity index (χ2v) is 7.72. The molecule has 0 saturated carbocycles. The van der Waals surface area contributed by atoms with E-state index in [-0.39, 0.29) is 24.3 Å². The molecule has 2 aromatic carbocycles. The van der Waals surface area contributed by atoms with Crippen LogP contribution in [-0.4, -0.2) is 25.2 Å². The third kappa shape index (κ3) is 3.86. The van der Waals surface area contributed by atoms with Crippen molar-refractivity contribution in [1.29, 1.82) is 0 Å². The number of anilines is 1. The van der Waals surface area contributed by atoms with Gasteiger partial charge >= 0.3 is 0 Å². The summed E-state index contributed by atoms with van der Waals surface area (Å²) in [6, 6.07) is 15.4. The van der Waals surface area contributed by atoms with E-state index >= 15 is 0 Å². The number of nitrogens with zero attached hydrogens (tertiary/aromatic N) is 4. The Hall–Kier alpha value is -3.74. The normalized spacial score (nSPS) is 11.1. The minimum Gasteiger partial charge on any atom is -0.326 e. The largest absolute Gasteiger partial charge is 0.326 e. The number of fused-ring (bicyclic) bond motifs is 1. The lowest BCUT2D eigenvalue weighted by Crippen LogP contribution is -2.25. The zero-order chi connectivity index (χ0) is 22.1. The molecule has 7 heteroatoms. The molecule has 0 aliphatic heterocycles. The molecular weight excluding hydrogens is 390 g/mol. The fraction of sp³-hybridized carbons (Fsp3) is 0.250. The van der Waals surface area contributed by atoms with Crippen LogP contribution in [0.25, 0.3) is 16.9 Å². The lowest BCUT2D eigenvalue weighted by atomic mass is 10.1. The van der Waals surface area contributed by atoms with E-state index in [0.717, 1.165) is 28.2 Å². The molecule has 0 spiro atoms. The highest BCUT2D eigenvalue weighted by Gasteiger charge is 2.18. The Morgan fingerprint density at radius 1 is 1.03 bits per heavy atom. The summed E-state index contributed by atoms with van der Waals surface area (Å²) in [6.07, 6.45) is 0.433. The smallest absolute Gasteiger partial charge is 0.273 e. The van der Waals surface area contributed by atoms with Gasteiger partial charge in [-0.05, 0) is 50.1 Å². The van der Waals surface area contributed by atoms with Gasteiger partial charge in [-0.1, -0.05) is 30.3 Å². The molecule has 0 atom stereocenters. The highest BCUT2D eigenvalue weighted by molar-refractivity contribution is 5.91. The number of aromatic nitrogens is 4. The summed E-state index contributed by atoms with van der Waals surface area (Å²) in [5, 5.41) is 7.52. The summed E-state index contributed by atoms with van der Waals surface area (Å²) in [6.45, 7) is 5.85. The molecule has 4 aromatic rings. The molecule has 2 aromatic heterocycles. The molecule has 1 N–H and O–H groups in total. The molecule has 0 unspecified atom stereocenters. The SMILES string of the molecule is Cc1cccc(NC(=O)CCc2nc3c(C)nn(-c4ccccc4)c3n(C)c2=O)c1C. The maximum atomic E-state index is 13.0. The quantitative estimate of drug-likeness (QED) is 0.540. The van der Waals surface area contributed by atoms with Crippen molar-refractivity contribution in [1.82, 2.24) is 19.3 Å². The Kier molecular flexibility index (Phi) is 5.42. The van der Waals surface area contributed by atoms with E-state index in [0.29, 0.717) is 16.9 Å². The van der Waals surface area contributed by atoms with Crippen molar-refractivity contribution in [3.8, 4) is 5.69 Å². The van der Waals surface area contributed by atoms with Gasteiger partial charge in [0.2, 0.25) is 5.91 Å². The molecule has 7 nitrogen and oxygen atoms in total. The van der Waals surface area contributed by atoms with Gasteiger partial charge in [0.25, 0.3) is 5.56 Å². The van der Waals surface area contributed by atoms with Gasteiger partial charge in [0.15, 0.2) is 5.65 Å². The van der Waals surface area contributed by atoms with Crippen molar-refractivity contribution < 1.29 is 4.79 Å². The standard InChI is InChI=1S/C24H25N5O2/c1-15-9-8-12-19(16(15)2)25-21(30)14-13-20-24(31)28(4)23-22(26-20)17(3)27-29(23)18-10-6-5-7-11-18/h5-12H,13-14H2,1-4H3,(H,25,30). The molecule has 0 bridgehead atoms. The number of nitrogens with one attached hydrogen (secondary N) is 1. The Morgan fingerprint density at radius 2 is 1.77 bits per heavy atom. The molecule has 0 aliphatic carbocycles. The Bertz CT molecular complexity index is 1340. The van der Waals surface area contributed by atoms with Crippen LogP contribution in [-0.2, 0) is 18.3 Å². The van der Waals surface area contributed by atoms with Gasteiger partial charge in [0, 0.05) is 25.6 Å². The average molecular weight is 415 g/mol. The van der Waals surface area contributed by atoms with E-state index in [2.05, 4.69) is 15.4 Å². The molecule has 4 rings (SSSR count). The van der Waals surface area contributed by atoms with Crippen molar-refractivity contribution in [2.24, 2.45) is 7.05 Å². The number of carbonyl (C=O) groups excluding carboxylic acids is 1. The second kappa shape index (κ2) is 8.18. The van der Waals surface area contributed by atoms with Gasteiger partial charge in [-0.3, -0.25) is 14.2 Å². The fourth-order valence-corrected chi connectivity index (χ4v) is 3.65. The monoisotopic (exact) mass is 415 g/mol. The molecule has 0 saturated heterocycles. The maximum absolute atomic E-state index is 13.0. The zero-order valence-electron chi connectivity index (χ0n) is 18.1. The van der Waals surface area contributed by atoms with Crippen LogP contribution in [0.5, 0.6) is 0 Å². The van der Waals surface area contributed by atoms with E-state index in [9.17, 15) is 9.59 Å². The molecule has 158 valence electrons. The van der Waals surface area contributed by atoms with Gasteiger partial charge in [0.05, 0.1) is 11.4 Å². The van der Waals surface area contributed by atoms with Gasteiger partial charge < -0.3 is 5.32 Å². The number of hydrogen-bond donors (Lipinski definition) is 1. The van der Waals surface area contributed by atoms with Crippen LogP contribution in [0.4, 0.5) is 5.69 Å². The van der Waals surface area contributed by atoms with Gasteiger partial charge in [-0.15, -0.1) is 0 Å². The first-order valence-corrected chi connectivity index (χ1v) is 10.2. The maximum Gasteiger partial charge on any atom is 0.273 e. The molecule has 0 aliphatic rings. The fourth-order valence-electron chi connectivity index (χ4n) is 3.65. The Balaban J connectivity index is 1.61. The van der Waals surface area contributed by atoms with Crippen LogP contribution >= 0.6 is 0 Å². The van der Waals surface area contributed by atoms with E-state index in [1.54, 1.807) is 16.3 Å². The minimum absolute atomic E-state index is 0.144. The third-order valence-electron chi connectivity index (χ3n) is 5.59. The molecule has 0 radical (unpaired) electrons. The summed E-state index contributed by atoms with van der Waals surface area (Å²) in [4.78, 5) is 30.1. The predicted molar refractivity (Wildman–Crippen MR) is 122 cm³/mol. The predicted octanol–water partition coefficient (Wildman–Crippen LogP) is 3.62. The van der Waals surface area contributed by atoms with Crippen molar-refractivity contribution in [2.45, 2.75) is 33.6 Å². The number of hydrogen-bond acceptors (Lipinski definition) is 4. The molecular formula is C24H25N5O2. The number of para-hydroxylation sites is 1. The summed E-state index contributed by atoms with van der Waals surface area (Å²) < 4.78 is 3.29. The lowest BCUT2D eigenvalue weighted by Gasteiger charge is -2.11. The van der Waals surface area contributed by atoms with Crippen molar-refractivity contribution in [3.05, 3.63) is 81.4 Å². The van der Waals surface area contributed by atoms with E-state index in [4.69, 9.17) is 0 Å². The molecule has 0 fully saturated rings. The van der Waals surface area contributed by atoms with Crippen LogP contribution in [0.3, 0.4) is 0 Å². The van der Waals surface area contributed by atoms with Crippen LogP contribution in [0, 0.1) is 20.8 Å². The van der Waals surface area contributed by atoms with Crippen molar-refractivity contribution in [3.63, 3.8) is 0 Å². The summed E-state index contributed by atoms with van der Waals surface area (Å²) in [7, 11) is 1.71. The van der Waals surface area contributed by atoms with E-state index < -0.39 is 0 Å². The highest BCUT2D eigenvalue weighted by Crippen LogP contribution is 2.20. The highest BCUT2D eigenvalue weighted by atomic mass is 16.1. The van der Waals surface area contributed by atoms with Crippen molar-refractivity contribution in [2.75, 3.05) is 5.32 Å². The number of aryl methyl sites for hydroxylation is 4. The van der Waals surface area contributed by atoms with Gasteiger partial charge in [-0.25, -0.2) is 9.67 Å². The summed E-state index contributed by atoms with van der Waals surface area (Å²) in [5.41, 5.74) is 5.98. The summed E-state index contributed by atoms with van der Waals surface area (Å²) in [5.74, 6) is -0.144. The number of amides is 1. The summed E-state index contributed by atoms with van der Waals surface area (Å²) >= 11 is 0. The molecule has 31 heavy (non-hydrogen) atoms. The van der Waals surface area contributed by atoms with Gasteiger partial charge in [0.1, 0.15) is 11.2 Å². The first-order chi connectivity index (χ1) is 14.9. The average Bonchev–Trinajstić information content (AvgIpc) is 3.10. The molecule has 1 amide bonds. The zero-order valence-corrected chi connectivity index (χ0v) is 18.1. The molecule has 2 heterocycles. The van der Waals surface area contributed by atoms with Crippen LogP contribution in [0.2, 0.25) is 0 Å². The Morgan fingerprint density at radius 3 is 2.52 bits per heavy atom. The minimum atomic E-state index is -0.218. The van der Waals surface area contributed by atoms with Crippen LogP contribution < -0.4 is 10.9 Å². The third-order valence-corrected chi connectivity index (χ3v) is 5.59. The first kappa shape index (κ1) is 20.5. The van der Waals surface area contributed by atoms with Crippen LogP contribution in [0.15, 0.2) is 53.3 Å². The number of benzene rings is 2. The topological polar surface area (TPSA) is 81.8 Å². The second-order valence-electron chi connectivity index (χ2n) is 7.72. The van der Waals surface area contributed by atoms with E-state index in [1.807, 2.05) is 69.3 Å². The van der Waals surface area contributed by atoms with Crippen LogP contribution in [0.1, 0.15) is 28.9 Å². The number of carbonyl (C=O) groups is 1. The first-order valence-electron chi connectivity index (χ1n) is 10.2. The van der Waals surface area contributed by atoms with Gasteiger partial charge in [-0.2, -0.15) is 5.10 Å². The Labute approximate surface area is 180 Å².